The molecule has 4 aromatic heterocycles. The number of aryl methyl sites for hydroxylation is 2. The highest BCUT2D eigenvalue weighted by molar-refractivity contribution is 5.80. The summed E-state index contributed by atoms with van der Waals surface area (Å²) in [4.78, 5) is 16.0. The Morgan fingerprint density at radius 1 is 0.966 bits per heavy atom. The van der Waals surface area contributed by atoms with Crippen molar-refractivity contribution in [2.75, 3.05) is 31.1 Å². The molecule has 1 aliphatic heterocycles. The quantitative estimate of drug-likeness (QED) is 0.585. The second kappa shape index (κ2) is 7.25. The zero-order chi connectivity index (χ0) is 19.8. The van der Waals surface area contributed by atoms with Crippen molar-refractivity contribution >= 4 is 11.5 Å². The van der Waals surface area contributed by atoms with Crippen molar-refractivity contribution in [2.24, 2.45) is 0 Å². The lowest BCUT2D eigenvalue weighted by atomic mass is 10.1. The largest absolute Gasteiger partial charge is 0.354 e. The maximum absolute atomic E-state index is 4.85. The molecule has 4 aromatic rings. The first-order valence-electron chi connectivity index (χ1n) is 9.90. The van der Waals surface area contributed by atoms with E-state index in [0.29, 0.717) is 0 Å². The lowest BCUT2D eigenvalue weighted by Crippen LogP contribution is -2.43. The Hall–Kier alpha value is -3.32. The highest BCUT2D eigenvalue weighted by Crippen LogP contribution is 2.30. The Morgan fingerprint density at radius 3 is 2.48 bits per heavy atom. The Bertz CT molecular complexity index is 1140. The van der Waals surface area contributed by atoms with Gasteiger partial charge in [-0.25, -0.2) is 14.5 Å². The van der Waals surface area contributed by atoms with Crippen LogP contribution in [0.2, 0.25) is 0 Å². The van der Waals surface area contributed by atoms with Crippen LogP contribution in [0.15, 0.2) is 48.9 Å². The first-order chi connectivity index (χ1) is 14.2. The van der Waals surface area contributed by atoms with Gasteiger partial charge in [-0.2, -0.15) is 5.10 Å². The van der Waals surface area contributed by atoms with E-state index in [4.69, 9.17) is 15.1 Å². The molecular formula is C22H23N7. The number of pyridine rings is 2. The second-order valence-corrected chi connectivity index (χ2v) is 7.36. The topological polar surface area (TPSA) is 71.2 Å². The maximum Gasteiger partial charge on any atom is 0.162 e. The van der Waals surface area contributed by atoms with Crippen LogP contribution in [0.1, 0.15) is 11.4 Å². The van der Waals surface area contributed by atoms with Gasteiger partial charge >= 0.3 is 0 Å². The molecule has 0 atom stereocenters. The Morgan fingerprint density at radius 2 is 1.76 bits per heavy atom. The monoisotopic (exact) mass is 385 g/mol. The summed E-state index contributed by atoms with van der Waals surface area (Å²) in [5, 5.41) is 8.14. The molecule has 5 rings (SSSR count). The molecule has 1 fully saturated rings. The molecule has 5 heterocycles. The Balaban J connectivity index is 1.60. The number of nitrogens with zero attached hydrogens (tertiary/aromatic N) is 6. The van der Waals surface area contributed by atoms with Crippen LogP contribution < -0.4 is 10.2 Å². The summed E-state index contributed by atoms with van der Waals surface area (Å²) in [5.41, 5.74) is 6.87. The van der Waals surface area contributed by atoms with Crippen molar-refractivity contribution in [1.29, 1.82) is 0 Å². The van der Waals surface area contributed by atoms with Gasteiger partial charge < -0.3 is 10.2 Å². The van der Waals surface area contributed by atoms with E-state index in [0.717, 1.165) is 71.4 Å². The van der Waals surface area contributed by atoms with Gasteiger partial charge in [-0.15, -0.1) is 0 Å². The lowest BCUT2D eigenvalue weighted by Gasteiger charge is -2.28. The number of piperazine rings is 1. The number of hydrogen-bond acceptors (Lipinski definition) is 6. The van der Waals surface area contributed by atoms with Gasteiger partial charge in [0.2, 0.25) is 0 Å². The number of anilines is 1. The second-order valence-electron chi connectivity index (χ2n) is 7.36. The SMILES string of the molecule is Cc1cc(-c2ccncc2)c2nc(C)c(-c3ccc(N4CCNCC4)nc3)n2n1. The molecule has 0 aromatic carbocycles. The summed E-state index contributed by atoms with van der Waals surface area (Å²) < 4.78 is 1.95. The third-order valence-electron chi connectivity index (χ3n) is 5.33. The zero-order valence-electron chi connectivity index (χ0n) is 16.6. The number of hydrogen-bond donors (Lipinski definition) is 1. The van der Waals surface area contributed by atoms with E-state index >= 15 is 0 Å². The van der Waals surface area contributed by atoms with E-state index < -0.39 is 0 Å². The molecule has 1 aliphatic rings. The van der Waals surface area contributed by atoms with Crippen molar-refractivity contribution in [1.82, 2.24) is 29.9 Å². The normalized spacial score (nSPS) is 14.5. The molecule has 0 unspecified atom stereocenters. The molecule has 0 radical (unpaired) electrons. The molecule has 0 spiro atoms. The van der Waals surface area contributed by atoms with Crippen LogP contribution in [0.5, 0.6) is 0 Å². The van der Waals surface area contributed by atoms with Crippen LogP contribution in [0.25, 0.3) is 28.0 Å². The van der Waals surface area contributed by atoms with E-state index in [1.807, 2.05) is 36.7 Å². The fourth-order valence-electron chi connectivity index (χ4n) is 3.93. The summed E-state index contributed by atoms with van der Waals surface area (Å²) in [6.07, 6.45) is 5.54. The smallest absolute Gasteiger partial charge is 0.162 e. The van der Waals surface area contributed by atoms with Gasteiger partial charge in [-0.1, -0.05) is 0 Å². The predicted octanol–water partition coefficient (Wildman–Crippen LogP) is 2.88. The molecule has 1 N–H and O–H groups in total. The van der Waals surface area contributed by atoms with E-state index in [1.54, 1.807) is 12.4 Å². The van der Waals surface area contributed by atoms with Gasteiger partial charge in [0.25, 0.3) is 0 Å². The van der Waals surface area contributed by atoms with Gasteiger partial charge in [-0.05, 0) is 49.7 Å². The lowest BCUT2D eigenvalue weighted by molar-refractivity contribution is 0.585. The minimum absolute atomic E-state index is 0.848. The molecular weight excluding hydrogens is 362 g/mol. The van der Waals surface area contributed by atoms with Crippen molar-refractivity contribution in [3.05, 3.63) is 60.3 Å². The van der Waals surface area contributed by atoms with Crippen LogP contribution >= 0.6 is 0 Å². The van der Waals surface area contributed by atoms with Crippen molar-refractivity contribution in [2.45, 2.75) is 13.8 Å². The van der Waals surface area contributed by atoms with Gasteiger partial charge in [-0.3, -0.25) is 4.98 Å². The molecule has 0 amide bonds. The van der Waals surface area contributed by atoms with E-state index in [9.17, 15) is 0 Å². The number of imidazole rings is 1. The third kappa shape index (κ3) is 3.23. The highest BCUT2D eigenvalue weighted by atomic mass is 15.3. The molecule has 7 heteroatoms. The first kappa shape index (κ1) is 17.8. The molecule has 146 valence electrons. The standard InChI is InChI=1S/C22H23N7/c1-15-13-19(17-5-7-23-8-6-17)22-26-16(2)21(29(22)27-15)18-3-4-20(25-14-18)28-11-9-24-10-12-28/h3-8,13-14,24H,9-12H2,1-2H3. The highest BCUT2D eigenvalue weighted by Gasteiger charge is 2.18. The third-order valence-corrected chi connectivity index (χ3v) is 5.33. The number of nitrogens with one attached hydrogen (secondary N) is 1. The van der Waals surface area contributed by atoms with Crippen molar-refractivity contribution < 1.29 is 0 Å². The molecule has 0 aliphatic carbocycles. The predicted molar refractivity (Wildman–Crippen MR) is 114 cm³/mol. The van der Waals surface area contributed by atoms with Crippen molar-refractivity contribution in [3.63, 3.8) is 0 Å². The van der Waals surface area contributed by atoms with Crippen LogP contribution in [-0.2, 0) is 0 Å². The van der Waals surface area contributed by atoms with Gasteiger partial charge in [0, 0.05) is 55.9 Å². The summed E-state index contributed by atoms with van der Waals surface area (Å²) in [5.74, 6) is 1.02. The van der Waals surface area contributed by atoms with E-state index in [-0.39, 0.29) is 0 Å². The number of rotatable bonds is 3. The molecule has 29 heavy (non-hydrogen) atoms. The van der Waals surface area contributed by atoms with Gasteiger partial charge in [0.15, 0.2) is 5.65 Å². The fourth-order valence-corrected chi connectivity index (χ4v) is 3.93. The minimum atomic E-state index is 0.848. The van der Waals surface area contributed by atoms with Gasteiger partial charge in [0.1, 0.15) is 5.82 Å². The molecule has 1 saturated heterocycles. The summed E-state index contributed by atoms with van der Waals surface area (Å²) >= 11 is 0. The first-order valence-corrected chi connectivity index (χ1v) is 9.90. The van der Waals surface area contributed by atoms with E-state index in [2.05, 4.69) is 33.4 Å². The van der Waals surface area contributed by atoms with Gasteiger partial charge in [0.05, 0.1) is 17.1 Å². The molecule has 7 nitrogen and oxygen atoms in total. The Labute approximate surface area is 169 Å². The van der Waals surface area contributed by atoms with Crippen LogP contribution in [0.3, 0.4) is 0 Å². The summed E-state index contributed by atoms with van der Waals surface area (Å²) in [7, 11) is 0. The average Bonchev–Trinajstić information content (AvgIpc) is 3.10. The fraction of sp³-hybridized carbons (Fsp3) is 0.273. The van der Waals surface area contributed by atoms with Crippen LogP contribution in [0.4, 0.5) is 5.82 Å². The zero-order valence-corrected chi connectivity index (χ0v) is 16.6. The average molecular weight is 385 g/mol. The number of fused-ring (bicyclic) bond motifs is 1. The van der Waals surface area contributed by atoms with E-state index in [1.165, 1.54) is 0 Å². The molecule has 0 saturated carbocycles. The van der Waals surface area contributed by atoms with Crippen LogP contribution in [0, 0.1) is 13.8 Å². The van der Waals surface area contributed by atoms with Crippen molar-refractivity contribution in [3.8, 4) is 22.4 Å². The molecule has 0 bridgehead atoms. The number of aromatic nitrogens is 5. The maximum atomic E-state index is 4.85. The van der Waals surface area contributed by atoms with Crippen LogP contribution in [-0.4, -0.2) is 50.7 Å². The minimum Gasteiger partial charge on any atom is -0.354 e. The summed E-state index contributed by atoms with van der Waals surface area (Å²) in [6.45, 7) is 8.00. The Kier molecular flexibility index (Phi) is 4.44. The summed E-state index contributed by atoms with van der Waals surface area (Å²) in [6, 6.07) is 10.3.